The van der Waals surface area contributed by atoms with E-state index in [0.29, 0.717) is 0 Å². The van der Waals surface area contributed by atoms with Crippen LogP contribution in [0.5, 0.6) is 0 Å². The van der Waals surface area contributed by atoms with Crippen LogP contribution < -0.4 is 4.90 Å². The Morgan fingerprint density at radius 2 is 1.00 bits per heavy atom. The van der Waals surface area contributed by atoms with E-state index >= 15 is 0 Å². The summed E-state index contributed by atoms with van der Waals surface area (Å²) in [5.41, 5.74) is 17.0. The predicted octanol–water partition coefficient (Wildman–Crippen LogP) is 13.2. The van der Waals surface area contributed by atoms with Crippen molar-refractivity contribution in [2.24, 2.45) is 0 Å². The lowest BCUT2D eigenvalue weighted by Gasteiger charge is -2.31. The molecule has 0 N–H and O–H groups in total. The second-order valence-corrected chi connectivity index (χ2v) is 14.4. The predicted molar refractivity (Wildman–Crippen MR) is 212 cm³/mol. The number of para-hydroxylation sites is 2. The van der Waals surface area contributed by atoms with Crippen molar-refractivity contribution in [3.8, 4) is 33.4 Å². The third-order valence-electron chi connectivity index (χ3n) is 11.3. The number of hydrogen-bond donors (Lipinski definition) is 0. The number of aryl methyl sites for hydroxylation is 2. The maximum Gasteiger partial charge on any atom is 0.0619 e. The highest BCUT2D eigenvalue weighted by Crippen LogP contribution is 2.56. The molecule has 50 heavy (non-hydrogen) atoms. The fraction of sp³-hybridized carbons (Fsp3) is 0.102. The average molecular weight is 640 g/mol. The molecule has 0 fully saturated rings. The van der Waals surface area contributed by atoms with E-state index in [1.54, 1.807) is 0 Å². The summed E-state index contributed by atoms with van der Waals surface area (Å²) in [6, 6.07) is 61.1. The molecule has 0 spiro atoms. The number of anilines is 3. The van der Waals surface area contributed by atoms with Crippen molar-refractivity contribution < 1.29 is 0 Å². The molecule has 1 heterocycles. The van der Waals surface area contributed by atoms with Gasteiger partial charge in [0.25, 0.3) is 0 Å². The zero-order valence-corrected chi connectivity index (χ0v) is 28.4. The van der Waals surface area contributed by atoms with Crippen molar-refractivity contribution in [2.75, 3.05) is 4.90 Å². The van der Waals surface area contributed by atoms with Gasteiger partial charge in [-0.2, -0.15) is 0 Å². The van der Waals surface area contributed by atoms with Gasteiger partial charge in [-0.05, 0) is 97.4 Å². The number of hydrogen-bond acceptors (Lipinski definition) is 1. The Morgan fingerprint density at radius 1 is 0.420 bits per heavy atom. The van der Waals surface area contributed by atoms with Crippen LogP contribution in [0.2, 0.25) is 0 Å². The minimum Gasteiger partial charge on any atom is -0.309 e. The molecule has 8 aromatic rings. The van der Waals surface area contributed by atoms with Crippen molar-refractivity contribution in [3.05, 3.63) is 186 Å². The summed E-state index contributed by atoms with van der Waals surface area (Å²) in [7, 11) is 0. The lowest BCUT2D eigenvalue weighted by atomic mass is 9.81. The van der Waals surface area contributed by atoms with Gasteiger partial charge in [0, 0.05) is 27.6 Å². The second kappa shape index (κ2) is 11.1. The van der Waals surface area contributed by atoms with E-state index in [2.05, 4.69) is 183 Å². The standard InChI is InChI=1S/C49H37N/c1-49(2)42-23-11-10-21-39(42)47-40(22-14-24-43(47)49)46-36-19-8-9-20-37(36)48(38-30-29-35(31-41(38)46)32-15-4-3-5-16-32)50-44-25-12-6-17-33(44)27-28-34-18-7-13-26-45(34)50/h3-26,29-31H,27-28H2,1-2H3. The second-order valence-electron chi connectivity index (χ2n) is 14.4. The molecule has 1 nitrogen and oxygen atoms in total. The van der Waals surface area contributed by atoms with E-state index < -0.39 is 0 Å². The Morgan fingerprint density at radius 3 is 1.76 bits per heavy atom. The molecule has 10 rings (SSSR count). The van der Waals surface area contributed by atoms with E-state index in [-0.39, 0.29) is 5.41 Å². The van der Waals surface area contributed by atoms with Crippen LogP contribution in [0.3, 0.4) is 0 Å². The first-order valence-electron chi connectivity index (χ1n) is 17.8. The van der Waals surface area contributed by atoms with Crippen molar-refractivity contribution in [1.82, 2.24) is 0 Å². The first-order chi connectivity index (χ1) is 24.6. The summed E-state index contributed by atoms with van der Waals surface area (Å²) < 4.78 is 0. The first kappa shape index (κ1) is 29.0. The normalized spacial score (nSPS) is 14.2. The van der Waals surface area contributed by atoms with Crippen LogP contribution >= 0.6 is 0 Å². The van der Waals surface area contributed by atoms with Gasteiger partial charge >= 0.3 is 0 Å². The summed E-state index contributed by atoms with van der Waals surface area (Å²) in [4.78, 5) is 2.57. The van der Waals surface area contributed by atoms with Crippen LogP contribution in [0.25, 0.3) is 54.9 Å². The molecule has 0 saturated carbocycles. The fourth-order valence-electron chi connectivity index (χ4n) is 8.98. The largest absolute Gasteiger partial charge is 0.309 e. The summed E-state index contributed by atoms with van der Waals surface area (Å²) >= 11 is 0. The molecular formula is C49H37N. The van der Waals surface area contributed by atoms with E-state index in [0.717, 1.165) is 12.8 Å². The third-order valence-corrected chi connectivity index (χ3v) is 11.3. The molecule has 1 aliphatic carbocycles. The maximum absolute atomic E-state index is 2.57. The molecule has 1 heteroatoms. The third kappa shape index (κ3) is 4.20. The fourth-order valence-corrected chi connectivity index (χ4v) is 8.98. The van der Waals surface area contributed by atoms with Gasteiger partial charge in [0.15, 0.2) is 0 Å². The van der Waals surface area contributed by atoms with Crippen LogP contribution in [0.1, 0.15) is 36.1 Å². The Kier molecular flexibility index (Phi) is 6.42. The zero-order valence-electron chi connectivity index (χ0n) is 28.4. The van der Waals surface area contributed by atoms with Crippen molar-refractivity contribution in [3.63, 3.8) is 0 Å². The highest BCUT2D eigenvalue weighted by molar-refractivity contribution is 6.24. The van der Waals surface area contributed by atoms with Crippen molar-refractivity contribution in [1.29, 1.82) is 0 Å². The molecule has 0 atom stereocenters. The van der Waals surface area contributed by atoms with Gasteiger partial charge in [0.1, 0.15) is 0 Å². The summed E-state index contributed by atoms with van der Waals surface area (Å²) in [6.07, 6.45) is 2.03. The Hall–Kier alpha value is -5.92. The van der Waals surface area contributed by atoms with Crippen LogP contribution in [0, 0.1) is 0 Å². The lowest BCUT2D eigenvalue weighted by molar-refractivity contribution is 0.660. The molecule has 0 bridgehead atoms. The molecule has 0 saturated heterocycles. The average Bonchev–Trinajstić information content (AvgIpc) is 3.29. The van der Waals surface area contributed by atoms with Gasteiger partial charge in [0.2, 0.25) is 0 Å². The van der Waals surface area contributed by atoms with Crippen LogP contribution in [0.15, 0.2) is 164 Å². The summed E-state index contributed by atoms with van der Waals surface area (Å²) in [6.45, 7) is 4.75. The zero-order chi connectivity index (χ0) is 33.4. The topological polar surface area (TPSA) is 3.24 Å². The molecule has 0 radical (unpaired) electrons. The quantitative estimate of drug-likeness (QED) is 0.174. The summed E-state index contributed by atoms with van der Waals surface area (Å²) in [5.74, 6) is 0. The van der Waals surface area contributed by atoms with Gasteiger partial charge in [-0.15, -0.1) is 0 Å². The van der Waals surface area contributed by atoms with Gasteiger partial charge in [0.05, 0.1) is 5.69 Å². The Bertz CT molecular complexity index is 2580. The number of nitrogens with zero attached hydrogens (tertiary/aromatic N) is 1. The lowest BCUT2D eigenvalue weighted by Crippen LogP contribution is -2.14. The van der Waals surface area contributed by atoms with E-state index in [1.807, 2.05) is 0 Å². The van der Waals surface area contributed by atoms with Gasteiger partial charge in [-0.25, -0.2) is 0 Å². The highest BCUT2D eigenvalue weighted by Gasteiger charge is 2.37. The van der Waals surface area contributed by atoms with E-state index in [4.69, 9.17) is 0 Å². The maximum atomic E-state index is 2.57. The molecule has 0 amide bonds. The minimum absolute atomic E-state index is 0.0812. The molecule has 0 unspecified atom stereocenters. The molecule has 8 aromatic carbocycles. The first-order valence-corrected chi connectivity index (χ1v) is 17.8. The molecular weight excluding hydrogens is 603 g/mol. The van der Waals surface area contributed by atoms with E-state index in [9.17, 15) is 0 Å². The van der Waals surface area contributed by atoms with Gasteiger partial charge in [-0.1, -0.05) is 159 Å². The van der Waals surface area contributed by atoms with Crippen LogP contribution in [0.4, 0.5) is 17.1 Å². The number of benzene rings is 8. The van der Waals surface area contributed by atoms with Gasteiger partial charge in [-0.3, -0.25) is 0 Å². The van der Waals surface area contributed by atoms with E-state index in [1.165, 1.54) is 94.2 Å². The smallest absolute Gasteiger partial charge is 0.0619 e. The number of fused-ring (bicyclic) bond motifs is 7. The summed E-state index contributed by atoms with van der Waals surface area (Å²) in [5, 5.41) is 5.06. The number of rotatable bonds is 3. The Labute approximate surface area is 294 Å². The minimum atomic E-state index is -0.0812. The highest BCUT2D eigenvalue weighted by atomic mass is 15.2. The van der Waals surface area contributed by atoms with Crippen LogP contribution in [-0.4, -0.2) is 0 Å². The van der Waals surface area contributed by atoms with Gasteiger partial charge < -0.3 is 4.90 Å². The molecule has 238 valence electrons. The molecule has 0 aromatic heterocycles. The molecule has 1 aliphatic heterocycles. The van der Waals surface area contributed by atoms with Crippen molar-refractivity contribution in [2.45, 2.75) is 32.1 Å². The molecule has 2 aliphatic rings. The monoisotopic (exact) mass is 639 g/mol. The Balaban J connectivity index is 1.38. The van der Waals surface area contributed by atoms with Crippen LogP contribution in [-0.2, 0) is 18.3 Å². The SMILES string of the molecule is CC1(C)c2ccccc2-c2c(-c3c4ccccc4c(N4c5ccccc5CCc5ccccc54)c4ccc(-c5ccccc5)cc34)cccc21. The van der Waals surface area contributed by atoms with Crippen molar-refractivity contribution >= 4 is 38.6 Å².